The van der Waals surface area contributed by atoms with Crippen LogP contribution in [0.2, 0.25) is 0 Å². The van der Waals surface area contributed by atoms with Gasteiger partial charge in [-0.05, 0) is 97.8 Å². The van der Waals surface area contributed by atoms with E-state index in [2.05, 4.69) is 31.2 Å². The summed E-state index contributed by atoms with van der Waals surface area (Å²) in [5.41, 5.74) is 3.12. The monoisotopic (exact) mass is 1410 g/mol. The minimum atomic E-state index is -3.24. The number of nitrogens with zero attached hydrogens (tertiary/aromatic N) is 12. The molecule has 498 valence electrons. The second kappa shape index (κ2) is 29.8. The summed E-state index contributed by atoms with van der Waals surface area (Å²) >= 11 is 3.46. The summed E-state index contributed by atoms with van der Waals surface area (Å²) in [5, 5.41) is 13.9. The van der Waals surface area contributed by atoms with E-state index >= 15 is 0 Å². The van der Waals surface area contributed by atoms with Gasteiger partial charge in [0.2, 0.25) is 23.6 Å². The van der Waals surface area contributed by atoms with E-state index in [4.69, 9.17) is 17.9 Å². The van der Waals surface area contributed by atoms with E-state index in [1.54, 1.807) is 48.3 Å². The molecule has 0 saturated carbocycles. The van der Waals surface area contributed by atoms with Crippen LogP contribution in [0.25, 0.3) is 0 Å². The van der Waals surface area contributed by atoms with Crippen molar-refractivity contribution >= 4 is 99.2 Å². The van der Waals surface area contributed by atoms with Crippen molar-refractivity contribution in [2.45, 2.75) is 157 Å². The molecule has 6 aliphatic rings. The first-order valence-electron chi connectivity index (χ1n) is 29.1. The number of sulfone groups is 2. The maximum absolute atomic E-state index is 13.5. The van der Waals surface area contributed by atoms with Gasteiger partial charge in [-0.25, -0.2) is 39.6 Å². The summed E-state index contributed by atoms with van der Waals surface area (Å²) in [4.78, 5) is 85.3. The van der Waals surface area contributed by atoms with Gasteiger partial charge in [0, 0.05) is 62.8 Å². The Kier molecular flexibility index (Phi) is 24.4. The number of ether oxygens (including phenoxy) is 2. The van der Waals surface area contributed by atoms with Crippen molar-refractivity contribution in [2.75, 3.05) is 69.9 Å². The van der Waals surface area contributed by atoms with Gasteiger partial charge in [-0.3, -0.25) is 43.0 Å². The molecule has 26 nitrogen and oxygen atoms in total. The molecule has 9 heterocycles. The van der Waals surface area contributed by atoms with Gasteiger partial charge in [0.25, 0.3) is 0 Å². The molecule has 0 bridgehead atoms. The minimum absolute atomic E-state index is 0. The third kappa shape index (κ3) is 19.5. The van der Waals surface area contributed by atoms with Crippen molar-refractivity contribution in [3.8, 4) is 0 Å². The second-order valence-electron chi connectivity index (χ2n) is 25.8. The largest absolute Gasteiger partial charge is 1.00 e. The molecule has 6 aliphatic heterocycles. The van der Waals surface area contributed by atoms with Crippen molar-refractivity contribution in [3.63, 3.8) is 0 Å². The van der Waals surface area contributed by atoms with E-state index in [1.807, 2.05) is 60.1 Å². The number of carbonyl (C=O) groups is 6. The van der Waals surface area contributed by atoms with Crippen molar-refractivity contribution in [2.24, 2.45) is 17.8 Å². The molecule has 6 amide bonds. The first-order chi connectivity index (χ1) is 41.7. The van der Waals surface area contributed by atoms with Crippen LogP contribution in [0.1, 0.15) is 104 Å². The molecular formula is C57H79BrF3N12NaO14S3. The summed E-state index contributed by atoms with van der Waals surface area (Å²) in [7, 11) is -8.25. The van der Waals surface area contributed by atoms with E-state index in [-0.39, 0.29) is 139 Å². The van der Waals surface area contributed by atoms with E-state index in [0.29, 0.717) is 68.7 Å². The van der Waals surface area contributed by atoms with Crippen LogP contribution in [0.5, 0.6) is 0 Å². The summed E-state index contributed by atoms with van der Waals surface area (Å²) < 4.78 is 121. The predicted octanol–water partition coefficient (Wildman–Crippen LogP) is 2.79. The second-order valence-corrected chi connectivity index (χ2v) is 31.6. The third-order valence-electron chi connectivity index (χ3n) is 15.4. The quantitative estimate of drug-likeness (QED) is 0.0954. The Bertz CT molecular complexity index is 3670. The van der Waals surface area contributed by atoms with E-state index in [1.165, 1.54) is 22.3 Å². The molecule has 10 rings (SSSR count). The number of anilines is 3. The molecule has 34 heteroatoms. The van der Waals surface area contributed by atoms with Crippen LogP contribution in [0.3, 0.4) is 0 Å². The van der Waals surface area contributed by atoms with Gasteiger partial charge in [0.05, 0.1) is 122 Å². The summed E-state index contributed by atoms with van der Waals surface area (Å²) in [6.07, 6.45) is 8.10. The molecular weight excluding hydrogens is 1330 g/mol. The molecule has 0 aliphatic carbocycles. The van der Waals surface area contributed by atoms with E-state index < -0.39 is 71.0 Å². The standard InChI is InChI=1S/C21H23F3N4O4S.C18H28N4O5S.C17H25BrN4O3.CH3O2S.Na/c1-12-8-28-18(10-26(12)19(29)5-13-3-15(22)21(24)16(23)4-13)17(7-25-28)27-9-14(6-20(27)30)11-33(2,31)32;1-12-8-22-15(10-20(12)17(24)27-18(2,3)4)14(7-19-22)21-9-13(6-16(21)23)11-28(5,25)26;1-11-8-22-14(10-20(11)16(24)25-17(2,3)4)13(7-19-22)21-9-12(6-18)5-15(21)23;1-4(2)3;/h3-4,7,12,14H,5-6,8-11H2,1-2H3;7,12-13H,6,8-11H2,1-5H3;7,11-12H,5-6,8-10H2,1-4H3;1H3;/q;;;-1;+1/t12-,14?;12-,13?;11-,12?;;/m000../s1. The fourth-order valence-corrected chi connectivity index (χ4v) is 14.1. The van der Waals surface area contributed by atoms with Crippen molar-refractivity contribution < 1.29 is 106 Å². The first-order valence-corrected chi connectivity index (χ1v) is 35.8. The number of amides is 6. The van der Waals surface area contributed by atoms with Crippen LogP contribution >= 0.6 is 15.9 Å². The van der Waals surface area contributed by atoms with Crippen LogP contribution in [-0.2, 0) is 113 Å². The van der Waals surface area contributed by atoms with Crippen LogP contribution in [-0.4, -0.2) is 181 Å². The fraction of sp³-hybridized carbons (Fsp3) is 0.632. The molecule has 3 aromatic heterocycles. The number of hydrogen-bond acceptors (Lipinski definition) is 18. The Morgan fingerprint density at radius 2 is 0.890 bits per heavy atom. The SMILES string of the molecule is C[C@H]1Cn2ncc(N3CC(CBr)CC3=O)c2CN1C(=O)OC(C)(C)C.C[C@H]1Cn2ncc(N3CC(CS(C)(=O)=O)CC3=O)c2CN1C(=O)Cc1cc(F)c(F)c(F)c1.C[C@H]1Cn2ncc(N3CC(CS(C)(=O)=O)CC3=O)c2CN1C(=O)OC(C)(C)C.C[S-](=O)=O.[Na+]. The average Bonchev–Trinajstić information content (AvgIpc) is 1.67. The van der Waals surface area contributed by atoms with E-state index in [9.17, 15) is 58.8 Å². The number of carbonyl (C=O) groups excluding carboxylic acids is 6. The third-order valence-corrected chi connectivity index (χ3v) is 18.5. The fourth-order valence-electron chi connectivity index (χ4n) is 11.5. The zero-order valence-corrected chi connectivity index (χ0v) is 59.5. The number of alkyl halides is 1. The number of benzene rings is 1. The molecule has 6 atom stereocenters. The maximum atomic E-state index is 13.5. The Balaban J connectivity index is 0.000000211. The van der Waals surface area contributed by atoms with Crippen molar-refractivity contribution in [3.05, 3.63) is 70.8 Å². The van der Waals surface area contributed by atoms with Gasteiger partial charge in [0.15, 0.2) is 17.5 Å². The van der Waals surface area contributed by atoms with Gasteiger partial charge in [-0.1, -0.05) is 32.9 Å². The molecule has 3 unspecified atom stereocenters. The number of hydrogen-bond donors (Lipinski definition) is 0. The molecule has 0 spiro atoms. The molecule has 3 fully saturated rings. The molecule has 0 radical (unpaired) electrons. The number of aromatic nitrogens is 6. The Hall–Kier alpha value is -5.61. The summed E-state index contributed by atoms with van der Waals surface area (Å²) in [6, 6.07) is 1.21. The summed E-state index contributed by atoms with van der Waals surface area (Å²) in [6.45, 7) is 20.3. The smallest absolute Gasteiger partial charge is 0.444 e. The van der Waals surface area contributed by atoms with Gasteiger partial charge in [0.1, 0.15) is 30.9 Å². The van der Waals surface area contributed by atoms with Gasteiger partial charge in [-0.2, -0.15) is 15.3 Å². The Labute approximate surface area is 560 Å². The van der Waals surface area contributed by atoms with Crippen LogP contribution < -0.4 is 44.3 Å². The molecule has 1 aromatic carbocycles. The molecule has 0 N–H and O–H groups in total. The Morgan fingerprint density at radius 3 is 1.20 bits per heavy atom. The maximum Gasteiger partial charge on any atom is 1.00 e. The molecule has 4 aromatic rings. The number of rotatable bonds is 10. The van der Waals surface area contributed by atoms with Gasteiger partial charge >= 0.3 is 41.7 Å². The normalized spacial score (nSPS) is 21.6. The zero-order valence-electron chi connectivity index (χ0n) is 53.5. The Morgan fingerprint density at radius 1 is 0.582 bits per heavy atom. The van der Waals surface area contributed by atoms with Crippen molar-refractivity contribution in [1.82, 2.24) is 44.0 Å². The minimum Gasteiger partial charge on any atom is -0.444 e. The predicted molar refractivity (Wildman–Crippen MR) is 328 cm³/mol. The van der Waals surface area contributed by atoms with Crippen LogP contribution in [0.15, 0.2) is 30.7 Å². The average molecular weight is 1410 g/mol. The first kappa shape index (κ1) is 74.4. The van der Waals surface area contributed by atoms with Crippen LogP contribution in [0.4, 0.5) is 39.8 Å². The molecule has 3 saturated heterocycles. The van der Waals surface area contributed by atoms with Crippen LogP contribution in [0, 0.1) is 35.2 Å². The van der Waals surface area contributed by atoms with E-state index in [0.717, 1.165) is 47.0 Å². The zero-order chi connectivity index (χ0) is 66.9. The van der Waals surface area contributed by atoms with Crippen molar-refractivity contribution in [1.29, 1.82) is 0 Å². The number of fused-ring (bicyclic) bond motifs is 3. The number of halogens is 4. The summed E-state index contributed by atoms with van der Waals surface area (Å²) in [5.74, 6) is -5.29. The topological polar surface area (TPSA) is 296 Å². The molecule has 91 heavy (non-hydrogen) atoms. The van der Waals surface area contributed by atoms with Gasteiger partial charge in [-0.15, -0.1) is 0 Å². The van der Waals surface area contributed by atoms with Gasteiger partial charge < -0.3 is 37.5 Å².